The average molecular weight is 273 g/mol. The number of ether oxygens (including phenoxy) is 2. The van der Waals surface area contributed by atoms with Crippen molar-refractivity contribution in [3.05, 3.63) is 58.9 Å². The lowest BCUT2D eigenvalue weighted by Crippen LogP contribution is -2.07. The molecule has 0 saturated carbocycles. The lowest BCUT2D eigenvalue weighted by atomic mass is 10.1. The summed E-state index contributed by atoms with van der Waals surface area (Å²) in [6, 6.07) is 9.39. The van der Waals surface area contributed by atoms with E-state index in [0.717, 1.165) is 5.56 Å². The van der Waals surface area contributed by atoms with Crippen LogP contribution in [0.15, 0.2) is 36.5 Å². The van der Waals surface area contributed by atoms with Crippen LogP contribution in [-0.4, -0.2) is 24.0 Å². The number of hydrogen-bond acceptors (Lipinski definition) is 4. The van der Waals surface area contributed by atoms with Crippen molar-refractivity contribution in [3.8, 4) is 0 Å². The molecule has 0 amide bonds. The van der Waals surface area contributed by atoms with Gasteiger partial charge in [0.25, 0.3) is 0 Å². The van der Waals surface area contributed by atoms with Crippen LogP contribution in [0.1, 0.15) is 32.0 Å². The van der Waals surface area contributed by atoms with Crippen LogP contribution in [0.5, 0.6) is 0 Å². The zero-order chi connectivity index (χ0) is 14.5. The molecule has 5 heteroatoms. The molecule has 0 bridgehead atoms. The van der Waals surface area contributed by atoms with Gasteiger partial charge in [-0.1, -0.05) is 30.3 Å². The predicted octanol–water partition coefficient (Wildman–Crippen LogP) is 2.47. The molecule has 2 rings (SSSR count). The molecule has 1 aromatic carbocycles. The normalized spacial score (nSPS) is 10.1. The van der Waals surface area contributed by atoms with Gasteiger partial charge in [-0.15, -0.1) is 0 Å². The average Bonchev–Trinajstić information content (AvgIpc) is 2.87. The fourth-order valence-electron chi connectivity index (χ4n) is 1.82. The molecule has 0 aliphatic rings. The van der Waals surface area contributed by atoms with Crippen LogP contribution in [-0.2, 0) is 16.1 Å². The summed E-state index contributed by atoms with van der Waals surface area (Å²) in [6.45, 7) is 1.86. The van der Waals surface area contributed by atoms with Crippen molar-refractivity contribution >= 4 is 11.9 Å². The highest BCUT2D eigenvalue weighted by molar-refractivity contribution is 5.97. The van der Waals surface area contributed by atoms with Gasteiger partial charge >= 0.3 is 11.9 Å². The first kappa shape index (κ1) is 13.9. The molecule has 20 heavy (non-hydrogen) atoms. The Bertz CT molecular complexity index is 616. The van der Waals surface area contributed by atoms with E-state index in [0.29, 0.717) is 11.1 Å². The molecule has 0 radical (unpaired) electrons. The first-order valence-electron chi connectivity index (χ1n) is 6.11. The number of methoxy groups -OCH3 is 1. The Morgan fingerprint density at radius 3 is 2.50 bits per heavy atom. The second kappa shape index (κ2) is 6.06. The summed E-state index contributed by atoms with van der Waals surface area (Å²) in [6.07, 6.45) is 1.45. The van der Waals surface area contributed by atoms with E-state index in [2.05, 4.69) is 9.72 Å². The summed E-state index contributed by atoms with van der Waals surface area (Å²) < 4.78 is 9.83. The first-order valence-corrected chi connectivity index (χ1v) is 6.11. The van der Waals surface area contributed by atoms with Gasteiger partial charge in [0.1, 0.15) is 12.3 Å². The Morgan fingerprint density at radius 2 is 1.85 bits per heavy atom. The highest BCUT2D eigenvalue weighted by Crippen LogP contribution is 2.15. The minimum absolute atomic E-state index is 0.192. The monoisotopic (exact) mass is 273 g/mol. The Kier molecular flexibility index (Phi) is 4.20. The molecule has 1 aromatic heterocycles. The molecular weight excluding hydrogens is 258 g/mol. The van der Waals surface area contributed by atoms with Gasteiger partial charge in [0.05, 0.1) is 12.7 Å². The maximum atomic E-state index is 12.0. The standard InChI is InChI=1S/C15H15NO4/c1-10-12(8-16-13(10)15(18)19-2)14(17)20-9-11-6-4-3-5-7-11/h3-8,16H,9H2,1-2H3. The molecular formula is C15H15NO4. The SMILES string of the molecule is COC(=O)c1[nH]cc(C(=O)OCc2ccccc2)c1C. The second-order valence-corrected chi connectivity index (χ2v) is 4.26. The number of nitrogens with one attached hydrogen (secondary N) is 1. The smallest absolute Gasteiger partial charge is 0.354 e. The van der Waals surface area contributed by atoms with E-state index in [1.54, 1.807) is 6.92 Å². The highest BCUT2D eigenvalue weighted by atomic mass is 16.5. The quantitative estimate of drug-likeness (QED) is 0.869. The van der Waals surface area contributed by atoms with Gasteiger partial charge in [0, 0.05) is 6.20 Å². The number of aromatic amines is 1. The maximum Gasteiger partial charge on any atom is 0.354 e. The molecule has 5 nitrogen and oxygen atoms in total. The maximum absolute atomic E-state index is 12.0. The van der Waals surface area contributed by atoms with Gasteiger partial charge in [0.15, 0.2) is 0 Å². The Labute approximate surface area is 116 Å². The Hall–Kier alpha value is -2.56. The van der Waals surface area contributed by atoms with Crippen LogP contribution < -0.4 is 0 Å². The van der Waals surface area contributed by atoms with Gasteiger partial charge in [-0.05, 0) is 18.1 Å². The summed E-state index contributed by atoms with van der Waals surface area (Å²) in [5, 5.41) is 0. The lowest BCUT2D eigenvalue weighted by molar-refractivity contribution is 0.0472. The zero-order valence-electron chi connectivity index (χ0n) is 11.3. The van der Waals surface area contributed by atoms with E-state index in [4.69, 9.17) is 4.74 Å². The molecule has 1 N–H and O–H groups in total. The van der Waals surface area contributed by atoms with E-state index >= 15 is 0 Å². The molecule has 0 aliphatic heterocycles. The number of carbonyl (C=O) groups excluding carboxylic acids is 2. The van der Waals surface area contributed by atoms with Crippen molar-refractivity contribution in [2.75, 3.05) is 7.11 Å². The minimum atomic E-state index is -0.510. The second-order valence-electron chi connectivity index (χ2n) is 4.26. The minimum Gasteiger partial charge on any atom is -0.464 e. The van der Waals surface area contributed by atoms with E-state index in [1.165, 1.54) is 13.3 Å². The van der Waals surface area contributed by atoms with Crippen molar-refractivity contribution in [2.45, 2.75) is 13.5 Å². The van der Waals surface area contributed by atoms with Crippen LogP contribution in [0.3, 0.4) is 0 Å². The number of benzene rings is 1. The van der Waals surface area contributed by atoms with Gasteiger partial charge in [-0.25, -0.2) is 9.59 Å². The first-order chi connectivity index (χ1) is 9.63. The molecule has 0 spiro atoms. The molecule has 0 atom stereocenters. The van der Waals surface area contributed by atoms with E-state index in [1.807, 2.05) is 30.3 Å². The van der Waals surface area contributed by atoms with Gasteiger partial charge in [0.2, 0.25) is 0 Å². The third kappa shape index (κ3) is 2.88. The summed E-state index contributed by atoms with van der Waals surface area (Å²) >= 11 is 0. The van der Waals surface area contributed by atoms with E-state index < -0.39 is 11.9 Å². The van der Waals surface area contributed by atoms with Gasteiger partial charge in [-0.2, -0.15) is 0 Å². The predicted molar refractivity (Wildman–Crippen MR) is 72.4 cm³/mol. The van der Waals surface area contributed by atoms with Crippen molar-refractivity contribution in [1.29, 1.82) is 0 Å². The number of carbonyl (C=O) groups is 2. The van der Waals surface area contributed by atoms with Gasteiger partial charge in [-0.3, -0.25) is 0 Å². The fraction of sp³-hybridized carbons (Fsp3) is 0.200. The molecule has 0 fully saturated rings. The number of esters is 2. The third-order valence-corrected chi connectivity index (χ3v) is 2.96. The van der Waals surface area contributed by atoms with Crippen LogP contribution in [0.25, 0.3) is 0 Å². The summed E-state index contributed by atoms with van der Waals surface area (Å²) in [7, 11) is 1.29. The van der Waals surface area contributed by atoms with E-state index in [-0.39, 0.29) is 12.3 Å². The molecule has 0 unspecified atom stereocenters. The van der Waals surface area contributed by atoms with Crippen LogP contribution in [0.4, 0.5) is 0 Å². The number of rotatable bonds is 4. The molecule has 104 valence electrons. The Balaban J connectivity index is 2.07. The molecule has 0 aliphatic carbocycles. The largest absolute Gasteiger partial charge is 0.464 e. The van der Waals surface area contributed by atoms with Crippen molar-refractivity contribution in [2.24, 2.45) is 0 Å². The van der Waals surface area contributed by atoms with Crippen molar-refractivity contribution < 1.29 is 19.1 Å². The lowest BCUT2D eigenvalue weighted by Gasteiger charge is -2.04. The molecule has 0 saturated heterocycles. The summed E-state index contributed by atoms with van der Waals surface area (Å²) in [5.41, 5.74) is 2.03. The number of aromatic nitrogens is 1. The summed E-state index contributed by atoms with van der Waals surface area (Å²) in [5.74, 6) is -0.984. The van der Waals surface area contributed by atoms with E-state index in [9.17, 15) is 9.59 Å². The van der Waals surface area contributed by atoms with Gasteiger partial charge < -0.3 is 14.5 Å². The number of H-pyrrole nitrogens is 1. The highest BCUT2D eigenvalue weighted by Gasteiger charge is 2.19. The zero-order valence-corrected chi connectivity index (χ0v) is 11.3. The molecule has 1 heterocycles. The van der Waals surface area contributed by atoms with Crippen molar-refractivity contribution in [3.63, 3.8) is 0 Å². The van der Waals surface area contributed by atoms with Crippen LogP contribution in [0, 0.1) is 6.92 Å². The third-order valence-electron chi connectivity index (χ3n) is 2.96. The van der Waals surface area contributed by atoms with Crippen molar-refractivity contribution in [1.82, 2.24) is 4.98 Å². The Morgan fingerprint density at radius 1 is 1.15 bits per heavy atom. The fourth-order valence-corrected chi connectivity index (χ4v) is 1.82. The van der Waals surface area contributed by atoms with Crippen LogP contribution in [0.2, 0.25) is 0 Å². The topological polar surface area (TPSA) is 68.4 Å². The van der Waals surface area contributed by atoms with Crippen LogP contribution >= 0.6 is 0 Å². The summed E-state index contributed by atoms with van der Waals surface area (Å²) in [4.78, 5) is 26.1. The molecule has 2 aromatic rings. The number of hydrogen-bond donors (Lipinski definition) is 1.